The van der Waals surface area contributed by atoms with Gasteiger partial charge in [-0.05, 0) is 70.6 Å². The topological polar surface area (TPSA) is 105 Å². The molecule has 3 unspecified atom stereocenters. The minimum atomic E-state index is -4.39. The molecule has 68 heavy (non-hydrogen) atoms. The van der Waals surface area contributed by atoms with E-state index < -0.39 is 20.0 Å². The Bertz CT molecular complexity index is 1420. The van der Waals surface area contributed by atoms with Gasteiger partial charge in [0.05, 0.1) is 39.9 Å². The van der Waals surface area contributed by atoms with E-state index in [0.29, 0.717) is 17.4 Å². The second-order valence-electron chi connectivity index (χ2n) is 19.6. The molecule has 0 aromatic rings. The number of allylic oxidation sites excluding steroid dienone is 14. The normalized spacial score (nSPS) is 14.8. The lowest BCUT2D eigenvalue weighted by Gasteiger charge is -2.25. The first-order chi connectivity index (χ1) is 33.0. The molecule has 0 aliphatic heterocycles. The molecule has 0 saturated carbocycles. The molecule has 1 amide bonds. The second kappa shape index (κ2) is 49.4. The van der Waals surface area contributed by atoms with Crippen LogP contribution in [0.1, 0.15) is 219 Å². The van der Waals surface area contributed by atoms with E-state index >= 15 is 0 Å². The number of quaternary nitrogens is 1. The summed E-state index contributed by atoms with van der Waals surface area (Å²) in [7, 11) is 1.48. The summed E-state index contributed by atoms with van der Waals surface area (Å²) in [5.41, 5.74) is 0. The van der Waals surface area contributed by atoms with E-state index in [1.54, 1.807) is 12.2 Å². The minimum absolute atomic E-state index is 0.0321. The van der Waals surface area contributed by atoms with E-state index in [0.717, 1.165) is 51.4 Å². The van der Waals surface area contributed by atoms with Gasteiger partial charge in [-0.2, -0.15) is 0 Å². The Morgan fingerprint density at radius 2 is 0.897 bits per heavy atom. The quantitative estimate of drug-likeness (QED) is 0.0243. The van der Waals surface area contributed by atoms with Crippen molar-refractivity contribution in [2.75, 3.05) is 40.9 Å². The fourth-order valence-corrected chi connectivity index (χ4v) is 8.23. The number of nitrogens with one attached hydrogen (secondary N) is 1. The number of rotatable bonds is 49. The zero-order chi connectivity index (χ0) is 49.9. The molecule has 0 heterocycles. The van der Waals surface area contributed by atoms with Crippen LogP contribution in [0.5, 0.6) is 0 Å². The summed E-state index contributed by atoms with van der Waals surface area (Å²) < 4.78 is 23.6. The van der Waals surface area contributed by atoms with E-state index in [9.17, 15) is 19.4 Å². The zero-order valence-electron chi connectivity index (χ0n) is 44.6. The molecule has 0 radical (unpaired) electrons. The first kappa shape index (κ1) is 65.4. The number of unbranched alkanes of at least 4 members (excludes halogenated alkanes) is 23. The van der Waals surface area contributed by atoms with Crippen LogP contribution in [0.15, 0.2) is 97.2 Å². The van der Waals surface area contributed by atoms with Gasteiger partial charge < -0.3 is 19.8 Å². The van der Waals surface area contributed by atoms with Gasteiger partial charge in [0.25, 0.3) is 0 Å². The molecule has 0 aromatic carbocycles. The van der Waals surface area contributed by atoms with Gasteiger partial charge in [0.1, 0.15) is 13.2 Å². The van der Waals surface area contributed by atoms with Crippen LogP contribution in [0.25, 0.3) is 0 Å². The van der Waals surface area contributed by atoms with Gasteiger partial charge >= 0.3 is 7.82 Å². The Hall–Kier alpha value is -2.58. The van der Waals surface area contributed by atoms with Gasteiger partial charge in [-0.25, -0.2) is 4.57 Å². The molecular weight excluding hydrogens is 864 g/mol. The summed E-state index contributed by atoms with van der Waals surface area (Å²) in [5, 5.41) is 13.8. The van der Waals surface area contributed by atoms with Gasteiger partial charge in [0.15, 0.2) is 0 Å². The standard InChI is InChI=1S/C59H105N2O6P/c1-6-8-10-12-14-16-18-20-22-23-24-25-26-27-28-29-30-31-32-33-34-35-36-37-39-40-42-44-46-48-50-52-58(62)57(56-67-68(64,65)66-55-54-61(3,4)5)60-59(63)53-51-49-47-45-43-41-38-21-19-17-15-13-11-9-7-2/h9,11,15,17,21,36-38,42-45,49-52,57-58,62H,6-8,10,12-14,16,18-20,22-35,39-41,46-48,53-56H2,1-5H3,(H-,60,63,64,65)/p+1/b11-9-,17-15-,37-36+,38-21-,44-42+,45-43-,51-49-,52-50+. The van der Waals surface area contributed by atoms with Gasteiger partial charge in [-0.1, -0.05) is 239 Å². The summed E-state index contributed by atoms with van der Waals surface area (Å²) in [5.74, 6) is -0.320. The van der Waals surface area contributed by atoms with Crippen molar-refractivity contribution in [2.45, 2.75) is 231 Å². The maximum Gasteiger partial charge on any atom is 0.472 e. The van der Waals surface area contributed by atoms with Crippen LogP contribution < -0.4 is 5.32 Å². The van der Waals surface area contributed by atoms with E-state index in [4.69, 9.17) is 9.05 Å². The number of carbonyl (C=O) groups excluding carboxylic acids is 1. The molecule has 0 bridgehead atoms. The van der Waals surface area contributed by atoms with E-state index in [2.05, 4.69) is 92.1 Å². The molecule has 0 rings (SSSR count). The van der Waals surface area contributed by atoms with Gasteiger partial charge in [0.2, 0.25) is 5.91 Å². The molecule has 9 heteroatoms. The third-order valence-electron chi connectivity index (χ3n) is 11.8. The fraction of sp³-hybridized carbons (Fsp3) is 0.712. The number of phosphoric acid groups is 1. The highest BCUT2D eigenvalue weighted by atomic mass is 31.2. The van der Waals surface area contributed by atoms with Crippen LogP contribution >= 0.6 is 7.82 Å². The SMILES string of the molecule is CC/C=C\C/C=C\C/C=C\C/C=C\C/C=C\CC(=O)NC(COP(=O)(O)OCC[N+](C)(C)C)C(O)/C=C/CC/C=C/CC/C=C/CCCCCCCCCCCCCCCCCCCCCCC. The summed E-state index contributed by atoms with van der Waals surface area (Å²) in [6.45, 7) is 4.59. The third kappa shape index (κ3) is 51.3. The maximum atomic E-state index is 12.8. The van der Waals surface area contributed by atoms with Gasteiger partial charge in [0, 0.05) is 6.42 Å². The number of carbonyl (C=O) groups is 1. The molecule has 0 spiro atoms. The average Bonchev–Trinajstić information content (AvgIpc) is 3.30. The first-order valence-electron chi connectivity index (χ1n) is 27.6. The van der Waals surface area contributed by atoms with Crippen molar-refractivity contribution in [3.8, 4) is 0 Å². The Labute approximate surface area is 419 Å². The summed E-state index contributed by atoms with van der Waals surface area (Å²) in [4.78, 5) is 23.1. The summed E-state index contributed by atoms with van der Waals surface area (Å²) in [6, 6.07) is -0.931. The Balaban J connectivity index is 4.31. The first-order valence-corrected chi connectivity index (χ1v) is 29.1. The lowest BCUT2D eigenvalue weighted by Crippen LogP contribution is -2.45. The number of hydrogen-bond donors (Lipinski definition) is 3. The Kier molecular flexibility index (Phi) is 47.5. The lowest BCUT2D eigenvalue weighted by atomic mass is 10.0. The number of amides is 1. The highest BCUT2D eigenvalue weighted by Gasteiger charge is 2.27. The number of phosphoric ester groups is 1. The molecule has 0 fully saturated rings. The lowest BCUT2D eigenvalue weighted by molar-refractivity contribution is -0.870. The molecule has 0 aliphatic carbocycles. The van der Waals surface area contributed by atoms with Crippen molar-refractivity contribution >= 4 is 13.7 Å². The predicted octanol–water partition coefficient (Wildman–Crippen LogP) is 16.6. The van der Waals surface area contributed by atoms with Crippen molar-refractivity contribution in [2.24, 2.45) is 0 Å². The second-order valence-corrected chi connectivity index (χ2v) is 21.0. The van der Waals surface area contributed by atoms with Gasteiger partial charge in [-0.3, -0.25) is 13.8 Å². The van der Waals surface area contributed by atoms with Gasteiger partial charge in [-0.15, -0.1) is 0 Å². The maximum absolute atomic E-state index is 12.8. The summed E-state index contributed by atoms with van der Waals surface area (Å²) in [6.07, 6.45) is 71.4. The number of aliphatic hydroxyl groups is 1. The van der Waals surface area contributed by atoms with Crippen LogP contribution in [0, 0.1) is 0 Å². The molecule has 3 N–H and O–H groups in total. The molecular formula is C59H106N2O6P+. The largest absolute Gasteiger partial charge is 0.472 e. The van der Waals surface area contributed by atoms with Crippen LogP contribution in [0.4, 0.5) is 0 Å². The third-order valence-corrected chi connectivity index (χ3v) is 12.8. The number of likely N-dealkylation sites (N-methyl/N-ethyl adjacent to an activating group) is 1. The molecule has 0 aliphatic rings. The van der Waals surface area contributed by atoms with Crippen molar-refractivity contribution in [3.05, 3.63) is 97.2 Å². The Morgan fingerprint density at radius 3 is 1.32 bits per heavy atom. The predicted molar refractivity (Wildman–Crippen MR) is 295 cm³/mol. The van der Waals surface area contributed by atoms with Crippen LogP contribution in [-0.4, -0.2) is 73.4 Å². The van der Waals surface area contributed by atoms with Crippen LogP contribution in [0.2, 0.25) is 0 Å². The highest BCUT2D eigenvalue weighted by Crippen LogP contribution is 2.43. The molecule has 3 atom stereocenters. The Morgan fingerprint density at radius 1 is 0.515 bits per heavy atom. The molecule has 392 valence electrons. The molecule has 8 nitrogen and oxygen atoms in total. The summed E-state index contributed by atoms with van der Waals surface area (Å²) >= 11 is 0. The highest BCUT2D eigenvalue weighted by molar-refractivity contribution is 7.47. The zero-order valence-corrected chi connectivity index (χ0v) is 45.5. The van der Waals surface area contributed by atoms with Crippen LogP contribution in [-0.2, 0) is 18.4 Å². The van der Waals surface area contributed by atoms with Crippen molar-refractivity contribution in [3.63, 3.8) is 0 Å². The van der Waals surface area contributed by atoms with Crippen LogP contribution in [0.3, 0.4) is 0 Å². The monoisotopic (exact) mass is 970 g/mol. The number of hydrogen-bond acceptors (Lipinski definition) is 5. The smallest absolute Gasteiger partial charge is 0.387 e. The number of aliphatic hydroxyl groups excluding tert-OH is 1. The van der Waals surface area contributed by atoms with E-state index in [1.807, 2.05) is 33.3 Å². The van der Waals surface area contributed by atoms with Crippen molar-refractivity contribution in [1.29, 1.82) is 0 Å². The fourth-order valence-electron chi connectivity index (χ4n) is 7.49. The van der Waals surface area contributed by atoms with Crippen molar-refractivity contribution < 1.29 is 32.9 Å². The van der Waals surface area contributed by atoms with E-state index in [-0.39, 0.29) is 25.5 Å². The van der Waals surface area contributed by atoms with Crippen molar-refractivity contribution in [1.82, 2.24) is 5.32 Å². The molecule has 0 aromatic heterocycles. The van der Waals surface area contributed by atoms with E-state index in [1.165, 1.54) is 141 Å². The minimum Gasteiger partial charge on any atom is -0.387 e. The molecule has 0 saturated heterocycles. The average molecular weight is 970 g/mol. The number of nitrogens with zero attached hydrogens (tertiary/aromatic N) is 1.